The molecule has 0 N–H and O–H groups in total. The van der Waals surface area contributed by atoms with E-state index >= 15 is 0 Å². The molecule has 0 atom stereocenters. The summed E-state index contributed by atoms with van der Waals surface area (Å²) in [5.41, 5.74) is 41.1. The van der Waals surface area contributed by atoms with Crippen LogP contribution in [-0.2, 0) is 16.2 Å². The van der Waals surface area contributed by atoms with Crippen molar-refractivity contribution in [2.45, 2.75) is 57.8 Å². The van der Waals surface area contributed by atoms with Gasteiger partial charge in [0, 0.05) is 71.2 Å². The molecule has 0 saturated heterocycles. The van der Waals surface area contributed by atoms with Crippen molar-refractivity contribution in [1.82, 2.24) is 23.7 Å². The zero-order valence-electron chi connectivity index (χ0n) is 63.1. The average Bonchev–Trinajstić information content (AvgIpc) is 1.61. The highest BCUT2D eigenvalue weighted by Gasteiger charge is 2.38. The van der Waals surface area contributed by atoms with Crippen molar-refractivity contribution in [3.05, 3.63) is 379 Å². The fourth-order valence-corrected chi connectivity index (χ4v) is 20.1. The molecule has 0 unspecified atom stereocenters. The van der Waals surface area contributed by atoms with Crippen LogP contribution in [0.2, 0.25) is 0 Å². The van der Waals surface area contributed by atoms with Gasteiger partial charge >= 0.3 is 0 Å². The number of nitrogens with zero attached hydrogens (tertiary/aromatic N) is 5. The number of aromatic nitrogens is 5. The third kappa shape index (κ3) is 9.37. The van der Waals surface area contributed by atoms with Crippen LogP contribution < -0.4 is 0 Å². The molecule has 0 spiro atoms. The molecule has 112 heavy (non-hydrogen) atoms. The Hall–Kier alpha value is -13.7. The van der Waals surface area contributed by atoms with E-state index in [1.54, 1.807) is 0 Å². The Bertz CT molecular complexity index is 7490. The molecular formula is C107H75N5. The van der Waals surface area contributed by atoms with Gasteiger partial charge in [-0.15, -0.1) is 0 Å². The number of rotatable bonds is 9. The van der Waals surface area contributed by atoms with Crippen LogP contribution in [0.5, 0.6) is 0 Å². The SMILES string of the molecule is CC1(C)c2ccccc2-c2cc(-c3ccc4c(c3)c3ccccc3n4-c3cccc(-c4cnc5cc(-c6cccc(-n7c8ccccc8c8cc(-c9ccc%10c(c9)-c9ccccc9C%10(C)C)ccc87)c6)c(-c6cccc(-n7c8ccccc8c8cc(-c9ccc%10c(c9)-c9ccccc9C%10(C)C)ccc87)c6)cc5n4)c3)ccc21. The highest BCUT2D eigenvalue weighted by atomic mass is 15.0. The van der Waals surface area contributed by atoms with Crippen LogP contribution in [0.4, 0.5) is 0 Å². The molecule has 3 aliphatic carbocycles. The number of para-hydroxylation sites is 3. The number of benzene rings is 16. The highest BCUT2D eigenvalue weighted by molar-refractivity contribution is 6.14. The van der Waals surface area contributed by atoms with E-state index in [1.807, 2.05) is 6.20 Å². The summed E-state index contributed by atoms with van der Waals surface area (Å²) in [6.07, 6.45) is 1.96. The quantitative estimate of drug-likeness (QED) is 0.144. The molecule has 16 aromatic carbocycles. The maximum absolute atomic E-state index is 5.64. The topological polar surface area (TPSA) is 40.6 Å². The zero-order valence-corrected chi connectivity index (χ0v) is 63.1. The van der Waals surface area contributed by atoms with Gasteiger partial charge in [0.05, 0.1) is 56.0 Å². The van der Waals surface area contributed by atoms with Gasteiger partial charge < -0.3 is 13.7 Å². The summed E-state index contributed by atoms with van der Waals surface area (Å²) in [4.78, 5) is 11.0. The lowest BCUT2D eigenvalue weighted by Gasteiger charge is -2.21. The lowest BCUT2D eigenvalue weighted by molar-refractivity contribution is 0.660. The Morgan fingerprint density at radius 3 is 0.902 bits per heavy atom. The average molecular weight is 1430 g/mol. The third-order valence-electron chi connectivity index (χ3n) is 25.7. The van der Waals surface area contributed by atoms with E-state index in [4.69, 9.17) is 9.97 Å². The molecule has 23 rings (SSSR count). The lowest BCUT2D eigenvalue weighted by Crippen LogP contribution is -2.14. The minimum Gasteiger partial charge on any atom is -0.309 e. The van der Waals surface area contributed by atoms with Crippen molar-refractivity contribution in [3.8, 4) is 117 Å². The number of hydrogen-bond donors (Lipinski definition) is 0. The second-order valence-electron chi connectivity index (χ2n) is 32.8. The molecule has 528 valence electrons. The van der Waals surface area contributed by atoms with E-state index in [0.29, 0.717) is 0 Å². The third-order valence-corrected chi connectivity index (χ3v) is 25.7. The smallest absolute Gasteiger partial charge is 0.0900 e. The second kappa shape index (κ2) is 23.6. The summed E-state index contributed by atoms with van der Waals surface area (Å²) in [6.45, 7) is 14.1. The van der Waals surface area contributed by atoms with Gasteiger partial charge in [0.1, 0.15) is 0 Å². The summed E-state index contributed by atoms with van der Waals surface area (Å²) >= 11 is 0. The van der Waals surface area contributed by atoms with Crippen molar-refractivity contribution < 1.29 is 0 Å². The molecule has 3 aliphatic rings. The molecule has 5 nitrogen and oxygen atoms in total. The molecule has 0 amide bonds. The van der Waals surface area contributed by atoms with E-state index in [1.165, 1.54) is 132 Å². The van der Waals surface area contributed by atoms with Crippen molar-refractivity contribution in [3.63, 3.8) is 0 Å². The lowest BCUT2D eigenvalue weighted by atomic mass is 9.82. The first-order valence-corrected chi connectivity index (χ1v) is 39.2. The predicted molar refractivity (Wildman–Crippen MR) is 468 cm³/mol. The van der Waals surface area contributed by atoms with Crippen molar-refractivity contribution in [2.24, 2.45) is 0 Å². The fraction of sp³-hybridized carbons (Fsp3) is 0.0841. The first-order valence-electron chi connectivity index (χ1n) is 39.2. The fourth-order valence-electron chi connectivity index (χ4n) is 20.1. The standard InChI is InChI=1S/C107H75N5/c1-105(2)90-34-13-7-28-76(90)84-55-64(40-46-93(84)105)67-43-49-102-87(58-67)79-31-10-16-37-99(79)110(102)73-25-19-22-70(52-73)82-61-96-97(62-83(82)71-23-20-26-74(53-71)111-100-38-17-11-32-80(100)88-59-68(44-50-103(88)111)65-41-47-94-85(56-65)77-29-8-14-35-91(77)106(94,3)4)109-98(63-108-96)72-24-21-27-75(54-72)112-101-39-18-12-33-81(101)89-60-69(45-51-104(89)112)66-42-48-95-86(57-66)78-30-9-15-36-92(78)107(95,5)6/h7-63H,1-6H3. The van der Waals surface area contributed by atoms with Gasteiger partial charge in [-0.3, -0.25) is 4.98 Å². The molecule has 5 heteroatoms. The molecule has 0 fully saturated rings. The van der Waals surface area contributed by atoms with Crippen LogP contribution in [0.1, 0.15) is 74.9 Å². The van der Waals surface area contributed by atoms with Gasteiger partial charge in [0.25, 0.3) is 0 Å². The number of fused-ring (bicyclic) bond motifs is 19. The van der Waals surface area contributed by atoms with Crippen LogP contribution in [0.15, 0.2) is 346 Å². The van der Waals surface area contributed by atoms with Gasteiger partial charge in [-0.2, -0.15) is 0 Å². The molecule has 4 aromatic heterocycles. The van der Waals surface area contributed by atoms with Crippen LogP contribution in [0, 0.1) is 0 Å². The Labute approximate surface area is 650 Å². The zero-order chi connectivity index (χ0) is 74.6. The van der Waals surface area contributed by atoms with Gasteiger partial charge in [-0.05, 0) is 244 Å². The maximum atomic E-state index is 5.64. The summed E-state index contributed by atoms with van der Waals surface area (Å²) in [7, 11) is 0. The molecule has 0 bridgehead atoms. The molecule has 20 aromatic rings. The van der Waals surface area contributed by atoms with Crippen LogP contribution in [0.25, 0.3) is 194 Å². The van der Waals surface area contributed by atoms with Crippen LogP contribution >= 0.6 is 0 Å². The first kappa shape index (κ1) is 64.3. The van der Waals surface area contributed by atoms with Crippen molar-refractivity contribution in [1.29, 1.82) is 0 Å². The molecule has 4 heterocycles. The Kier molecular flexibility index (Phi) is 13.6. The maximum Gasteiger partial charge on any atom is 0.0900 e. The Balaban J connectivity index is 0.655. The van der Waals surface area contributed by atoms with E-state index in [0.717, 1.165) is 94.7 Å². The van der Waals surface area contributed by atoms with Crippen molar-refractivity contribution in [2.75, 3.05) is 0 Å². The second-order valence-corrected chi connectivity index (χ2v) is 32.8. The molecule has 0 saturated carbocycles. The van der Waals surface area contributed by atoms with Gasteiger partial charge in [0.15, 0.2) is 0 Å². The van der Waals surface area contributed by atoms with E-state index in [2.05, 4.69) is 395 Å². The number of hydrogen-bond acceptors (Lipinski definition) is 2. The molecular weight excluding hydrogens is 1360 g/mol. The Morgan fingerprint density at radius 1 is 0.205 bits per heavy atom. The summed E-state index contributed by atoms with van der Waals surface area (Å²) in [5.74, 6) is 0. The minimum absolute atomic E-state index is 0.0517. The summed E-state index contributed by atoms with van der Waals surface area (Å²) in [5, 5.41) is 7.27. The largest absolute Gasteiger partial charge is 0.309 e. The van der Waals surface area contributed by atoms with Crippen molar-refractivity contribution >= 4 is 76.5 Å². The monoisotopic (exact) mass is 1430 g/mol. The minimum atomic E-state index is -0.0616. The van der Waals surface area contributed by atoms with Gasteiger partial charge in [-0.1, -0.05) is 260 Å². The van der Waals surface area contributed by atoms with E-state index in [9.17, 15) is 0 Å². The molecule has 0 aliphatic heterocycles. The summed E-state index contributed by atoms with van der Waals surface area (Å²) < 4.78 is 7.31. The Morgan fingerprint density at radius 2 is 0.509 bits per heavy atom. The predicted octanol–water partition coefficient (Wildman–Crippen LogP) is 27.8. The highest BCUT2D eigenvalue weighted by Crippen LogP contribution is 2.54. The van der Waals surface area contributed by atoms with E-state index in [-0.39, 0.29) is 16.2 Å². The van der Waals surface area contributed by atoms with Crippen LogP contribution in [0.3, 0.4) is 0 Å². The summed E-state index contributed by atoms with van der Waals surface area (Å²) in [6, 6.07) is 127. The molecule has 0 radical (unpaired) electrons. The van der Waals surface area contributed by atoms with E-state index < -0.39 is 0 Å². The van der Waals surface area contributed by atoms with Gasteiger partial charge in [-0.25, -0.2) is 4.98 Å². The van der Waals surface area contributed by atoms with Crippen LogP contribution in [-0.4, -0.2) is 23.7 Å². The first-order chi connectivity index (χ1) is 54.8. The van der Waals surface area contributed by atoms with Gasteiger partial charge in [0.2, 0.25) is 0 Å². The normalized spacial score (nSPS) is 14.0.